The minimum atomic E-state index is -0.186. The average Bonchev–Trinajstić information content (AvgIpc) is 3.39. The molecule has 3 aromatic rings. The van der Waals surface area contributed by atoms with Gasteiger partial charge >= 0.3 is 0 Å². The van der Waals surface area contributed by atoms with Crippen molar-refractivity contribution in [1.29, 1.82) is 0 Å². The van der Waals surface area contributed by atoms with Crippen molar-refractivity contribution >= 4 is 17.2 Å². The molecule has 0 bridgehead atoms. The molecule has 0 fully saturated rings. The van der Waals surface area contributed by atoms with E-state index in [2.05, 4.69) is 13.0 Å². The van der Waals surface area contributed by atoms with Gasteiger partial charge in [-0.25, -0.2) is 0 Å². The fraction of sp³-hybridized carbons (Fsp3) is 0.346. The molecule has 7 heteroatoms. The van der Waals surface area contributed by atoms with Gasteiger partial charge in [0.15, 0.2) is 18.1 Å². The number of benzene rings is 2. The molecule has 0 saturated carbocycles. The van der Waals surface area contributed by atoms with E-state index >= 15 is 0 Å². The van der Waals surface area contributed by atoms with E-state index in [1.165, 1.54) is 5.56 Å². The normalized spacial score (nSPS) is 15.0. The lowest BCUT2D eigenvalue weighted by molar-refractivity contribution is -0.135. The van der Waals surface area contributed by atoms with Crippen LogP contribution in [0.3, 0.4) is 0 Å². The van der Waals surface area contributed by atoms with Crippen LogP contribution in [0, 0.1) is 0 Å². The summed E-state index contributed by atoms with van der Waals surface area (Å²) in [4.78, 5) is 16.3. The summed E-state index contributed by atoms with van der Waals surface area (Å²) in [5.41, 5.74) is 2.23. The van der Waals surface area contributed by atoms with Crippen molar-refractivity contribution in [2.75, 3.05) is 34.0 Å². The zero-order chi connectivity index (χ0) is 23.2. The van der Waals surface area contributed by atoms with E-state index in [0.29, 0.717) is 30.4 Å². The Hall–Kier alpha value is -3.19. The maximum Gasteiger partial charge on any atom is 0.261 e. The monoisotopic (exact) mass is 467 g/mol. The molecule has 6 nitrogen and oxygen atoms in total. The minimum absolute atomic E-state index is 0.0281. The molecule has 0 spiro atoms. The molecule has 2 heterocycles. The highest BCUT2D eigenvalue weighted by atomic mass is 32.1. The van der Waals surface area contributed by atoms with E-state index in [4.69, 9.17) is 18.9 Å². The van der Waals surface area contributed by atoms with E-state index in [0.717, 1.165) is 29.0 Å². The van der Waals surface area contributed by atoms with E-state index < -0.39 is 0 Å². The first-order valence-electron chi connectivity index (χ1n) is 11.1. The fourth-order valence-corrected chi connectivity index (χ4v) is 4.90. The predicted octanol–water partition coefficient (Wildman–Crippen LogP) is 5.11. The molecule has 1 aliphatic heterocycles. The van der Waals surface area contributed by atoms with E-state index in [9.17, 15) is 4.79 Å². The fourth-order valence-electron chi connectivity index (χ4n) is 4.05. The maximum atomic E-state index is 13.3. The molecule has 2 aromatic carbocycles. The summed E-state index contributed by atoms with van der Waals surface area (Å²) in [5, 5.41) is 2.03. The standard InChI is InChI=1S/C26H29NO5S/c1-4-13-31-19-7-9-20(10-8-19)32-17-25(28)27-12-11-18-15-22(29-2)23(30-3)16-21(18)26(27)24-6-5-14-33-24/h5-10,14-16,26H,4,11-13,17H2,1-3H3. The summed E-state index contributed by atoms with van der Waals surface area (Å²) < 4.78 is 22.5. The number of thiophene rings is 1. The maximum absolute atomic E-state index is 13.3. The third-order valence-electron chi connectivity index (χ3n) is 5.67. The van der Waals surface area contributed by atoms with Gasteiger partial charge in [-0.3, -0.25) is 4.79 Å². The number of rotatable bonds is 9. The molecule has 0 saturated heterocycles. The number of hydrogen-bond acceptors (Lipinski definition) is 6. The Bertz CT molecular complexity index is 1070. The van der Waals surface area contributed by atoms with Crippen LogP contribution in [0.4, 0.5) is 0 Å². The van der Waals surface area contributed by atoms with E-state index in [1.807, 2.05) is 52.7 Å². The molecule has 0 aliphatic carbocycles. The second-order valence-electron chi connectivity index (χ2n) is 7.77. The highest BCUT2D eigenvalue weighted by Crippen LogP contribution is 2.42. The summed E-state index contributed by atoms with van der Waals surface area (Å²) in [7, 11) is 3.27. The van der Waals surface area contributed by atoms with Gasteiger partial charge in [-0.15, -0.1) is 11.3 Å². The second-order valence-corrected chi connectivity index (χ2v) is 8.75. The Morgan fingerprint density at radius 1 is 1.03 bits per heavy atom. The molecule has 0 N–H and O–H groups in total. The van der Waals surface area contributed by atoms with E-state index in [1.54, 1.807) is 25.6 Å². The van der Waals surface area contributed by atoms with Crippen LogP contribution in [0.25, 0.3) is 0 Å². The Kier molecular flexibility index (Phi) is 7.40. The molecule has 1 amide bonds. The number of hydrogen-bond donors (Lipinski definition) is 0. The number of nitrogens with zero attached hydrogens (tertiary/aromatic N) is 1. The number of ether oxygens (including phenoxy) is 4. The van der Waals surface area contributed by atoms with Crippen molar-refractivity contribution in [3.05, 3.63) is 69.9 Å². The molecular weight excluding hydrogens is 438 g/mol. The third-order valence-corrected chi connectivity index (χ3v) is 6.59. The number of methoxy groups -OCH3 is 2. The molecule has 0 radical (unpaired) electrons. The smallest absolute Gasteiger partial charge is 0.261 e. The first-order valence-corrected chi connectivity index (χ1v) is 12.0. The van der Waals surface area contributed by atoms with E-state index in [-0.39, 0.29) is 18.6 Å². The van der Waals surface area contributed by atoms with Crippen LogP contribution >= 0.6 is 11.3 Å². The summed E-state index contributed by atoms with van der Waals surface area (Å²) in [6, 6.07) is 15.3. The predicted molar refractivity (Wildman–Crippen MR) is 129 cm³/mol. The van der Waals surface area contributed by atoms with Gasteiger partial charge in [-0.05, 0) is 71.8 Å². The lowest BCUT2D eigenvalue weighted by Gasteiger charge is -2.37. The van der Waals surface area contributed by atoms with Gasteiger partial charge in [0.25, 0.3) is 5.91 Å². The van der Waals surface area contributed by atoms with Crippen LogP contribution in [-0.4, -0.2) is 44.8 Å². The molecule has 4 rings (SSSR count). The van der Waals surface area contributed by atoms with Crippen LogP contribution in [0.2, 0.25) is 0 Å². The van der Waals surface area contributed by atoms with Gasteiger partial charge < -0.3 is 23.8 Å². The van der Waals surface area contributed by atoms with Gasteiger partial charge in [0.2, 0.25) is 0 Å². The van der Waals surface area contributed by atoms with Crippen LogP contribution in [0.15, 0.2) is 53.9 Å². The second kappa shape index (κ2) is 10.6. The van der Waals surface area contributed by atoms with Crippen LogP contribution in [0.5, 0.6) is 23.0 Å². The molecule has 1 atom stereocenters. The van der Waals surface area contributed by atoms with Crippen molar-refractivity contribution < 1.29 is 23.7 Å². The summed E-state index contributed by atoms with van der Waals surface area (Å²) in [6.45, 7) is 3.32. The van der Waals surface area contributed by atoms with Crippen molar-refractivity contribution in [3.8, 4) is 23.0 Å². The highest BCUT2D eigenvalue weighted by Gasteiger charge is 2.34. The number of carbonyl (C=O) groups excluding carboxylic acids is 1. The SMILES string of the molecule is CCCOc1ccc(OCC(=O)N2CCc3cc(OC)c(OC)cc3C2c2cccs2)cc1. The van der Waals surface area contributed by atoms with Gasteiger partial charge in [0.05, 0.1) is 26.9 Å². The van der Waals surface area contributed by atoms with Gasteiger partial charge in [-0.2, -0.15) is 0 Å². The minimum Gasteiger partial charge on any atom is -0.494 e. The van der Waals surface area contributed by atoms with Crippen LogP contribution in [-0.2, 0) is 11.2 Å². The van der Waals surface area contributed by atoms with Crippen molar-refractivity contribution in [2.45, 2.75) is 25.8 Å². The summed E-state index contributed by atoms with van der Waals surface area (Å²) in [6.07, 6.45) is 1.70. The zero-order valence-electron chi connectivity index (χ0n) is 19.2. The summed E-state index contributed by atoms with van der Waals surface area (Å²) >= 11 is 1.64. The number of fused-ring (bicyclic) bond motifs is 1. The molecule has 1 unspecified atom stereocenters. The van der Waals surface area contributed by atoms with Gasteiger partial charge in [0, 0.05) is 11.4 Å². The highest BCUT2D eigenvalue weighted by molar-refractivity contribution is 7.10. The van der Waals surface area contributed by atoms with Crippen molar-refractivity contribution in [1.82, 2.24) is 4.90 Å². The topological polar surface area (TPSA) is 57.2 Å². The Labute approximate surface area is 198 Å². The zero-order valence-corrected chi connectivity index (χ0v) is 20.0. The molecular formula is C26H29NO5S. The summed E-state index contributed by atoms with van der Waals surface area (Å²) in [5.74, 6) is 2.75. The lowest BCUT2D eigenvalue weighted by Crippen LogP contribution is -2.42. The van der Waals surface area contributed by atoms with Crippen molar-refractivity contribution in [2.24, 2.45) is 0 Å². The Balaban J connectivity index is 1.53. The molecule has 174 valence electrons. The molecule has 1 aromatic heterocycles. The molecule has 1 aliphatic rings. The molecule has 33 heavy (non-hydrogen) atoms. The first-order chi connectivity index (χ1) is 16.1. The van der Waals surface area contributed by atoms with Crippen molar-refractivity contribution in [3.63, 3.8) is 0 Å². The largest absolute Gasteiger partial charge is 0.494 e. The third kappa shape index (κ3) is 5.09. The Morgan fingerprint density at radius 3 is 2.36 bits per heavy atom. The average molecular weight is 468 g/mol. The van der Waals surface area contributed by atoms with Crippen LogP contribution in [0.1, 0.15) is 35.4 Å². The number of carbonyl (C=O) groups is 1. The van der Waals surface area contributed by atoms with Gasteiger partial charge in [-0.1, -0.05) is 13.0 Å². The van der Waals surface area contributed by atoms with Crippen LogP contribution < -0.4 is 18.9 Å². The number of amides is 1. The first kappa shape index (κ1) is 23.0. The lowest BCUT2D eigenvalue weighted by atomic mass is 9.90. The van der Waals surface area contributed by atoms with Gasteiger partial charge in [0.1, 0.15) is 11.5 Å². The quantitative estimate of drug-likeness (QED) is 0.438. The Morgan fingerprint density at radius 2 is 1.73 bits per heavy atom.